The lowest BCUT2D eigenvalue weighted by molar-refractivity contribution is -0.137. The van der Waals surface area contributed by atoms with Gasteiger partial charge in [-0.05, 0) is 61.3 Å². The molecule has 3 aromatic rings. The number of hydrogen-bond acceptors (Lipinski definition) is 5. The minimum Gasteiger partial charge on any atom is -0.493 e. The Hall–Kier alpha value is -3.41. The zero-order valence-electron chi connectivity index (χ0n) is 24.0. The van der Waals surface area contributed by atoms with E-state index in [1.165, 1.54) is 19.3 Å². The van der Waals surface area contributed by atoms with Gasteiger partial charge in [-0.1, -0.05) is 55.0 Å². The van der Waals surface area contributed by atoms with Crippen LogP contribution in [-0.2, 0) is 27.5 Å². The van der Waals surface area contributed by atoms with Crippen molar-refractivity contribution < 1.29 is 31.1 Å². The van der Waals surface area contributed by atoms with E-state index >= 15 is 0 Å². The van der Waals surface area contributed by atoms with Gasteiger partial charge >= 0.3 is 6.18 Å². The number of carbonyl (C=O) groups is 1. The summed E-state index contributed by atoms with van der Waals surface area (Å²) in [5.41, 5.74) is 1.50. The predicted octanol–water partition coefficient (Wildman–Crippen LogP) is 6.08. The maximum atomic E-state index is 13.7. The first-order chi connectivity index (χ1) is 20.5. The fourth-order valence-corrected chi connectivity index (χ4v) is 7.06. The van der Waals surface area contributed by atoms with Crippen molar-refractivity contribution in [1.82, 2.24) is 14.5 Å². The first kappa shape index (κ1) is 31.0. The number of nitrogens with one attached hydrogen (secondary N) is 1. The van der Waals surface area contributed by atoms with Crippen LogP contribution < -0.4 is 9.46 Å². The lowest BCUT2D eigenvalue weighted by Crippen LogP contribution is -2.38. The van der Waals surface area contributed by atoms with Crippen LogP contribution >= 0.6 is 0 Å². The molecule has 5 rings (SSSR count). The van der Waals surface area contributed by atoms with Crippen LogP contribution in [0.2, 0.25) is 0 Å². The first-order valence-electron chi connectivity index (χ1n) is 14.5. The van der Waals surface area contributed by atoms with Crippen molar-refractivity contribution in [2.24, 2.45) is 0 Å². The van der Waals surface area contributed by atoms with Gasteiger partial charge in [-0.25, -0.2) is 13.1 Å². The van der Waals surface area contributed by atoms with Gasteiger partial charge in [-0.15, -0.1) is 0 Å². The van der Waals surface area contributed by atoms with Crippen LogP contribution in [0, 0.1) is 0 Å². The molecule has 230 valence electrons. The summed E-state index contributed by atoms with van der Waals surface area (Å²) in [6.45, 7) is 3.45. The van der Waals surface area contributed by atoms with Gasteiger partial charge in [0.25, 0.3) is 0 Å². The number of ether oxygens (including phenoxy) is 1. The molecule has 0 radical (unpaired) electrons. The molecule has 0 aliphatic carbocycles. The largest absolute Gasteiger partial charge is 0.493 e. The number of amides is 1. The minimum absolute atomic E-state index is 0.224. The summed E-state index contributed by atoms with van der Waals surface area (Å²) in [5.74, 6) is 0.436. The normalized spacial score (nSPS) is 18.4. The number of nitrogens with zero attached hydrogens (tertiary/aromatic N) is 2. The van der Waals surface area contributed by atoms with Crippen molar-refractivity contribution in [2.45, 2.75) is 61.8 Å². The number of halogens is 3. The number of hydrogen-bond donors (Lipinski definition) is 1. The van der Waals surface area contributed by atoms with Gasteiger partial charge in [0.1, 0.15) is 5.75 Å². The van der Waals surface area contributed by atoms with Crippen molar-refractivity contribution in [2.75, 3.05) is 26.7 Å². The van der Waals surface area contributed by atoms with Crippen molar-refractivity contribution in [3.63, 3.8) is 0 Å². The molecule has 2 heterocycles. The van der Waals surface area contributed by atoms with Crippen molar-refractivity contribution in [1.29, 1.82) is 0 Å². The number of sulfonamides is 1. The number of piperidine rings is 1. The second-order valence-corrected chi connectivity index (χ2v) is 12.9. The van der Waals surface area contributed by atoms with Crippen LogP contribution in [0.3, 0.4) is 0 Å². The molecule has 0 bridgehead atoms. The Morgan fingerprint density at radius 1 is 1.02 bits per heavy atom. The number of rotatable bonds is 9. The monoisotopic (exact) mass is 615 g/mol. The van der Waals surface area contributed by atoms with Crippen molar-refractivity contribution in [3.8, 4) is 5.75 Å². The van der Waals surface area contributed by atoms with E-state index in [0.29, 0.717) is 24.7 Å². The Morgan fingerprint density at radius 2 is 1.77 bits per heavy atom. The van der Waals surface area contributed by atoms with Crippen LogP contribution in [0.4, 0.5) is 13.2 Å². The molecule has 1 fully saturated rings. The third-order valence-corrected chi connectivity index (χ3v) is 9.62. The molecule has 0 saturated carbocycles. The molecule has 2 aliphatic heterocycles. The molecule has 0 spiro atoms. The minimum atomic E-state index is -4.70. The van der Waals surface area contributed by atoms with Gasteiger partial charge in [0.15, 0.2) is 0 Å². The van der Waals surface area contributed by atoms with Crippen molar-refractivity contribution in [3.05, 3.63) is 95.1 Å². The first-order valence-corrected chi connectivity index (χ1v) is 16.0. The summed E-state index contributed by atoms with van der Waals surface area (Å²) < 4.78 is 74.8. The van der Waals surface area contributed by atoms with Crippen LogP contribution in [0.5, 0.6) is 5.75 Å². The van der Waals surface area contributed by atoms with E-state index in [4.69, 9.17) is 4.74 Å². The quantitative estimate of drug-likeness (QED) is 0.316. The number of fused-ring (bicyclic) bond motifs is 1. The summed E-state index contributed by atoms with van der Waals surface area (Å²) in [4.78, 5) is 17.2. The fourth-order valence-electron chi connectivity index (χ4n) is 5.79. The van der Waals surface area contributed by atoms with E-state index in [0.717, 1.165) is 54.7 Å². The number of benzene rings is 3. The Labute approximate surface area is 250 Å². The van der Waals surface area contributed by atoms with E-state index in [1.807, 2.05) is 12.1 Å². The molecule has 1 N–H and O–H groups in total. The number of alkyl halides is 3. The zero-order chi connectivity index (χ0) is 30.6. The summed E-state index contributed by atoms with van der Waals surface area (Å²) in [5, 5.41) is 0. The number of carbonyl (C=O) groups excluding carboxylic acids is 1. The lowest BCUT2D eigenvalue weighted by atomic mass is 9.96. The summed E-state index contributed by atoms with van der Waals surface area (Å²) in [7, 11) is -2.71. The Balaban J connectivity index is 1.34. The SMILES string of the molecule is CN(C(=O)CC(NS(=O)(=O)c1cccc(C(F)(F)F)c1)c1ccccc1)C1CCOc2cc(CN3CCCCC3)ccc21. The molecule has 1 amide bonds. The van der Waals surface area contributed by atoms with E-state index in [1.54, 1.807) is 42.3 Å². The standard InChI is InChI=1S/C32H36F3N3O4S/c1-37(29-15-18-42-30-19-23(13-14-27(29)30)22-38-16-6-3-7-17-38)31(39)21-28(24-9-4-2-5-10-24)36-43(40,41)26-12-8-11-25(20-26)32(33,34)35/h2,4-5,8-14,19-20,28-29,36H,3,6-7,15-18,21-22H2,1H3. The number of likely N-dealkylation sites (tertiary alicyclic amines) is 1. The molecule has 2 atom stereocenters. The van der Waals surface area contributed by atoms with Gasteiger partial charge in [0, 0.05) is 32.0 Å². The average molecular weight is 616 g/mol. The van der Waals surface area contributed by atoms with E-state index in [2.05, 4.69) is 15.7 Å². The average Bonchev–Trinajstić information content (AvgIpc) is 3.00. The molecular weight excluding hydrogens is 579 g/mol. The van der Waals surface area contributed by atoms with Crippen LogP contribution in [-0.4, -0.2) is 50.9 Å². The lowest BCUT2D eigenvalue weighted by Gasteiger charge is -2.34. The van der Waals surface area contributed by atoms with Gasteiger partial charge < -0.3 is 9.64 Å². The summed E-state index contributed by atoms with van der Waals surface area (Å²) >= 11 is 0. The third-order valence-electron chi connectivity index (χ3n) is 8.15. The molecule has 0 aromatic heterocycles. The smallest absolute Gasteiger partial charge is 0.416 e. The van der Waals surface area contributed by atoms with E-state index in [9.17, 15) is 26.4 Å². The maximum absolute atomic E-state index is 13.7. The zero-order valence-corrected chi connectivity index (χ0v) is 24.8. The van der Waals surface area contributed by atoms with E-state index in [-0.39, 0.29) is 18.4 Å². The maximum Gasteiger partial charge on any atom is 0.416 e. The highest BCUT2D eigenvalue weighted by molar-refractivity contribution is 7.89. The van der Waals surface area contributed by atoms with E-state index < -0.39 is 32.7 Å². The molecular formula is C32H36F3N3O4S. The molecule has 43 heavy (non-hydrogen) atoms. The highest BCUT2D eigenvalue weighted by Gasteiger charge is 2.34. The molecule has 11 heteroatoms. The summed E-state index contributed by atoms with van der Waals surface area (Å²) in [6.07, 6.45) is -0.668. The topological polar surface area (TPSA) is 79.0 Å². The fraction of sp³-hybridized carbons (Fsp3) is 0.406. The predicted molar refractivity (Wildman–Crippen MR) is 157 cm³/mol. The van der Waals surface area contributed by atoms with Crippen molar-refractivity contribution >= 4 is 15.9 Å². The Bertz CT molecular complexity index is 1530. The molecule has 2 unspecified atom stereocenters. The van der Waals surface area contributed by atoms with Gasteiger partial charge in [0.05, 0.1) is 29.1 Å². The van der Waals surface area contributed by atoms with Crippen LogP contribution in [0.15, 0.2) is 77.7 Å². The molecule has 7 nitrogen and oxygen atoms in total. The second-order valence-electron chi connectivity index (χ2n) is 11.2. The molecule has 2 aliphatic rings. The highest BCUT2D eigenvalue weighted by Crippen LogP contribution is 2.37. The summed E-state index contributed by atoms with van der Waals surface area (Å²) in [6, 6.07) is 17.0. The Kier molecular flexibility index (Phi) is 9.43. The van der Waals surface area contributed by atoms with Gasteiger partial charge in [-0.2, -0.15) is 13.2 Å². The molecule has 1 saturated heterocycles. The third kappa shape index (κ3) is 7.57. The molecule has 3 aromatic carbocycles. The van der Waals surface area contributed by atoms with Gasteiger partial charge in [-0.3, -0.25) is 9.69 Å². The highest BCUT2D eigenvalue weighted by atomic mass is 32.2. The van der Waals surface area contributed by atoms with Crippen LogP contribution in [0.25, 0.3) is 0 Å². The Morgan fingerprint density at radius 3 is 2.49 bits per heavy atom. The van der Waals surface area contributed by atoms with Crippen LogP contribution in [0.1, 0.15) is 66.4 Å². The second kappa shape index (κ2) is 13.1. The van der Waals surface area contributed by atoms with Gasteiger partial charge in [0.2, 0.25) is 15.9 Å².